The van der Waals surface area contributed by atoms with Gasteiger partial charge < -0.3 is 10.4 Å². The van der Waals surface area contributed by atoms with Crippen LogP contribution in [0.1, 0.15) is 61.4 Å². The first-order chi connectivity index (χ1) is 15.0. The maximum atomic E-state index is 15.4. The molecule has 6 heteroatoms. The van der Waals surface area contributed by atoms with Crippen LogP contribution in [0.2, 0.25) is 0 Å². The standard InChI is InChI=1S/C25H32FN3O2/c26-25(15-17-29(18-25)22(24(30)31)19-8-3-1-4-9-19)14-6-2-5-11-21-13-12-20-10-7-16-27-23(20)28-21/h1,3-4,8-9,12-13,22H,2,5-7,10-11,14-18H2,(H,27,28)(H,30,31)/t22-,25-/m1/s1. The summed E-state index contributed by atoms with van der Waals surface area (Å²) in [5.41, 5.74) is 1.82. The average Bonchev–Trinajstić information content (AvgIpc) is 3.15. The van der Waals surface area contributed by atoms with Crippen molar-refractivity contribution in [2.24, 2.45) is 0 Å². The molecule has 31 heavy (non-hydrogen) atoms. The summed E-state index contributed by atoms with van der Waals surface area (Å²) in [7, 11) is 0. The molecule has 1 aromatic carbocycles. The third-order valence-corrected chi connectivity index (χ3v) is 6.56. The summed E-state index contributed by atoms with van der Waals surface area (Å²) in [5.74, 6) is 0.117. The van der Waals surface area contributed by atoms with Crippen LogP contribution in [0.3, 0.4) is 0 Å². The van der Waals surface area contributed by atoms with Gasteiger partial charge in [-0.05, 0) is 55.7 Å². The van der Waals surface area contributed by atoms with E-state index in [1.807, 2.05) is 18.2 Å². The third kappa shape index (κ3) is 5.42. The number of halogens is 1. The number of carbonyl (C=O) groups is 1. The van der Waals surface area contributed by atoms with Gasteiger partial charge in [0.1, 0.15) is 17.5 Å². The van der Waals surface area contributed by atoms with Gasteiger partial charge in [0.25, 0.3) is 0 Å². The molecular formula is C25H32FN3O2. The van der Waals surface area contributed by atoms with Crippen LogP contribution in [-0.2, 0) is 17.6 Å². The van der Waals surface area contributed by atoms with Crippen LogP contribution in [0.5, 0.6) is 0 Å². The molecular weight excluding hydrogens is 393 g/mol. The number of benzene rings is 1. The van der Waals surface area contributed by atoms with E-state index in [9.17, 15) is 9.90 Å². The van der Waals surface area contributed by atoms with E-state index in [1.54, 1.807) is 17.0 Å². The highest BCUT2D eigenvalue weighted by atomic mass is 19.1. The first-order valence-corrected chi connectivity index (χ1v) is 11.5. The van der Waals surface area contributed by atoms with E-state index in [0.717, 1.165) is 56.6 Å². The minimum atomic E-state index is -1.30. The van der Waals surface area contributed by atoms with Gasteiger partial charge >= 0.3 is 5.97 Å². The Labute approximate surface area is 183 Å². The fourth-order valence-electron chi connectivity index (χ4n) is 4.87. The molecule has 0 spiro atoms. The van der Waals surface area contributed by atoms with Crippen molar-refractivity contribution < 1.29 is 14.3 Å². The number of aryl methyl sites for hydroxylation is 2. The molecule has 1 aromatic heterocycles. The van der Waals surface area contributed by atoms with E-state index in [1.165, 1.54) is 5.56 Å². The molecule has 0 bridgehead atoms. The number of rotatable bonds is 9. The van der Waals surface area contributed by atoms with Gasteiger partial charge in [0.2, 0.25) is 0 Å². The number of alkyl halides is 1. The molecule has 0 unspecified atom stereocenters. The maximum absolute atomic E-state index is 15.4. The van der Waals surface area contributed by atoms with E-state index in [-0.39, 0.29) is 6.54 Å². The second-order valence-corrected chi connectivity index (χ2v) is 8.92. The van der Waals surface area contributed by atoms with Gasteiger partial charge in [-0.2, -0.15) is 0 Å². The summed E-state index contributed by atoms with van der Waals surface area (Å²) in [6, 6.07) is 12.7. The summed E-state index contributed by atoms with van der Waals surface area (Å²) in [6.45, 7) is 1.66. The summed E-state index contributed by atoms with van der Waals surface area (Å²) < 4.78 is 15.4. The average molecular weight is 426 g/mol. The summed E-state index contributed by atoms with van der Waals surface area (Å²) >= 11 is 0. The van der Waals surface area contributed by atoms with Gasteiger partial charge in [-0.15, -0.1) is 0 Å². The largest absolute Gasteiger partial charge is 0.480 e. The quantitative estimate of drug-likeness (QED) is 0.566. The molecule has 2 aliphatic heterocycles. The van der Waals surface area contributed by atoms with Gasteiger partial charge in [-0.25, -0.2) is 9.37 Å². The monoisotopic (exact) mass is 425 g/mol. The molecule has 0 aliphatic carbocycles. The van der Waals surface area contributed by atoms with Crippen molar-refractivity contribution in [3.05, 3.63) is 59.3 Å². The van der Waals surface area contributed by atoms with Crippen molar-refractivity contribution in [3.8, 4) is 0 Å². The number of unbranched alkanes of at least 4 members (excludes halogenated alkanes) is 2. The van der Waals surface area contributed by atoms with Gasteiger partial charge in [-0.3, -0.25) is 9.69 Å². The van der Waals surface area contributed by atoms with Crippen LogP contribution >= 0.6 is 0 Å². The highest BCUT2D eigenvalue weighted by molar-refractivity contribution is 5.75. The van der Waals surface area contributed by atoms with Gasteiger partial charge in [0.15, 0.2) is 0 Å². The highest BCUT2D eigenvalue weighted by Crippen LogP contribution is 2.36. The molecule has 1 saturated heterocycles. The number of anilines is 1. The zero-order valence-corrected chi connectivity index (χ0v) is 18.0. The Kier molecular flexibility index (Phi) is 6.86. The number of aliphatic carboxylic acids is 1. The Morgan fingerprint density at radius 1 is 1.19 bits per heavy atom. The summed E-state index contributed by atoms with van der Waals surface area (Å²) in [4.78, 5) is 18.4. The Morgan fingerprint density at radius 2 is 2.03 bits per heavy atom. The predicted octanol–water partition coefficient (Wildman–Crippen LogP) is 4.78. The van der Waals surface area contributed by atoms with Crippen molar-refractivity contribution in [3.63, 3.8) is 0 Å². The predicted molar refractivity (Wildman–Crippen MR) is 120 cm³/mol. The normalized spacial score (nSPS) is 22.0. The van der Waals surface area contributed by atoms with E-state index in [4.69, 9.17) is 4.98 Å². The first-order valence-electron chi connectivity index (χ1n) is 11.5. The minimum absolute atomic E-state index is 0.191. The lowest BCUT2D eigenvalue weighted by atomic mass is 9.96. The Hall–Kier alpha value is -2.47. The fraction of sp³-hybridized carbons (Fsp3) is 0.520. The van der Waals surface area contributed by atoms with Crippen molar-refractivity contribution in [1.82, 2.24) is 9.88 Å². The van der Waals surface area contributed by atoms with Crippen LogP contribution < -0.4 is 5.32 Å². The summed E-state index contributed by atoms with van der Waals surface area (Å²) in [6.07, 6.45) is 6.83. The molecule has 5 nitrogen and oxygen atoms in total. The molecule has 166 valence electrons. The van der Waals surface area contributed by atoms with Crippen LogP contribution in [0.15, 0.2) is 42.5 Å². The van der Waals surface area contributed by atoms with E-state index < -0.39 is 17.7 Å². The minimum Gasteiger partial charge on any atom is -0.480 e. The summed E-state index contributed by atoms with van der Waals surface area (Å²) in [5, 5.41) is 13.1. The van der Waals surface area contributed by atoms with Crippen LogP contribution in [0.25, 0.3) is 0 Å². The number of hydrogen-bond acceptors (Lipinski definition) is 4. The molecule has 3 heterocycles. The zero-order valence-electron chi connectivity index (χ0n) is 18.0. The Morgan fingerprint density at radius 3 is 2.84 bits per heavy atom. The van der Waals surface area contributed by atoms with Gasteiger partial charge in [0, 0.05) is 25.3 Å². The highest BCUT2D eigenvalue weighted by Gasteiger charge is 2.42. The SMILES string of the molecule is O=C(O)[C@@H](c1ccccc1)N1CC[C@](F)(CCCCCc2ccc3c(n2)NCCC3)C1. The van der Waals surface area contributed by atoms with Crippen molar-refractivity contribution >= 4 is 11.8 Å². The zero-order chi connectivity index (χ0) is 21.7. The fourth-order valence-corrected chi connectivity index (χ4v) is 4.87. The molecule has 2 aromatic rings. The lowest BCUT2D eigenvalue weighted by Crippen LogP contribution is -2.35. The number of carboxylic acid groups (broad SMARTS) is 1. The first kappa shape index (κ1) is 21.8. The number of pyridine rings is 1. The number of likely N-dealkylation sites (tertiary alicyclic amines) is 1. The van der Waals surface area contributed by atoms with Crippen molar-refractivity contribution in [2.75, 3.05) is 25.0 Å². The van der Waals surface area contributed by atoms with Crippen LogP contribution in [0.4, 0.5) is 10.2 Å². The van der Waals surface area contributed by atoms with E-state index in [0.29, 0.717) is 24.9 Å². The second kappa shape index (κ2) is 9.77. The number of carboxylic acids is 1. The molecule has 2 N–H and O–H groups in total. The number of nitrogens with one attached hydrogen (secondary N) is 1. The maximum Gasteiger partial charge on any atom is 0.325 e. The lowest BCUT2D eigenvalue weighted by molar-refractivity contribution is -0.143. The smallest absolute Gasteiger partial charge is 0.325 e. The molecule has 0 radical (unpaired) electrons. The molecule has 0 saturated carbocycles. The number of fused-ring (bicyclic) bond motifs is 1. The van der Waals surface area contributed by atoms with Gasteiger partial charge in [-0.1, -0.05) is 49.2 Å². The van der Waals surface area contributed by atoms with Crippen LogP contribution in [0, 0.1) is 0 Å². The Balaban J connectivity index is 1.23. The van der Waals surface area contributed by atoms with Crippen LogP contribution in [-0.4, -0.2) is 46.3 Å². The van der Waals surface area contributed by atoms with Gasteiger partial charge in [0.05, 0.1) is 0 Å². The van der Waals surface area contributed by atoms with Crippen molar-refractivity contribution in [1.29, 1.82) is 0 Å². The molecule has 1 fully saturated rings. The van der Waals surface area contributed by atoms with Crippen molar-refractivity contribution in [2.45, 2.75) is 63.1 Å². The third-order valence-electron chi connectivity index (χ3n) is 6.56. The lowest BCUT2D eigenvalue weighted by Gasteiger charge is -2.26. The topological polar surface area (TPSA) is 65.5 Å². The molecule has 0 amide bonds. The second-order valence-electron chi connectivity index (χ2n) is 8.92. The van der Waals surface area contributed by atoms with E-state index >= 15 is 4.39 Å². The number of aromatic nitrogens is 1. The van der Waals surface area contributed by atoms with E-state index in [2.05, 4.69) is 17.4 Å². The molecule has 2 atom stereocenters. The number of hydrogen-bond donors (Lipinski definition) is 2. The Bertz CT molecular complexity index is 892. The number of nitrogens with zero attached hydrogens (tertiary/aromatic N) is 2. The molecule has 2 aliphatic rings. The molecule has 4 rings (SSSR count).